The third-order valence-corrected chi connectivity index (χ3v) is 4.71. The summed E-state index contributed by atoms with van der Waals surface area (Å²) in [5, 5.41) is 10.2. The third-order valence-electron chi connectivity index (χ3n) is 3.26. The number of carbonyl (C=O) groups is 1. The third kappa shape index (κ3) is 4.24. The fraction of sp³-hybridized carbons (Fsp3) is 0.118. The Morgan fingerprint density at radius 3 is 2.75 bits per heavy atom. The van der Waals surface area contributed by atoms with Crippen LogP contribution in [0.3, 0.4) is 0 Å². The van der Waals surface area contributed by atoms with Gasteiger partial charge in [0.15, 0.2) is 5.82 Å². The molecule has 3 aromatic rings. The molecule has 1 aromatic heterocycles. The molecular formula is C17H15BrN4OS. The van der Waals surface area contributed by atoms with E-state index in [4.69, 9.17) is 0 Å². The van der Waals surface area contributed by atoms with Gasteiger partial charge in [0, 0.05) is 15.7 Å². The van der Waals surface area contributed by atoms with E-state index in [1.54, 1.807) is 0 Å². The van der Waals surface area contributed by atoms with Crippen molar-refractivity contribution >= 4 is 39.3 Å². The average Bonchev–Trinajstić information content (AvgIpc) is 3.04. The van der Waals surface area contributed by atoms with Gasteiger partial charge in [-0.2, -0.15) is 0 Å². The number of nitrogens with one attached hydrogen (secondary N) is 2. The topological polar surface area (TPSA) is 70.7 Å². The number of halogens is 1. The van der Waals surface area contributed by atoms with E-state index in [1.165, 1.54) is 11.8 Å². The number of anilines is 1. The number of nitrogens with zero attached hydrogens (tertiary/aromatic N) is 2. The van der Waals surface area contributed by atoms with Crippen LogP contribution in [0.1, 0.15) is 6.92 Å². The number of aromatic nitrogens is 3. The van der Waals surface area contributed by atoms with Crippen molar-refractivity contribution in [1.29, 1.82) is 0 Å². The molecule has 1 atom stereocenters. The second kappa shape index (κ2) is 7.63. The van der Waals surface area contributed by atoms with Crippen LogP contribution < -0.4 is 5.32 Å². The minimum absolute atomic E-state index is 0.0934. The van der Waals surface area contributed by atoms with Crippen molar-refractivity contribution in [2.24, 2.45) is 0 Å². The SMILES string of the molecule is C[C@@H](Sc1n[nH]c(-c2ccccc2)n1)C(=O)Nc1cccc(Br)c1. The van der Waals surface area contributed by atoms with Crippen LogP contribution in [0.4, 0.5) is 5.69 Å². The molecule has 2 aromatic carbocycles. The maximum Gasteiger partial charge on any atom is 0.237 e. The lowest BCUT2D eigenvalue weighted by molar-refractivity contribution is -0.115. The lowest BCUT2D eigenvalue weighted by Gasteiger charge is -2.10. The number of rotatable bonds is 5. The predicted octanol–water partition coefficient (Wildman–Crippen LogP) is 4.35. The average molecular weight is 403 g/mol. The lowest BCUT2D eigenvalue weighted by atomic mass is 10.2. The zero-order valence-electron chi connectivity index (χ0n) is 12.9. The number of hydrogen-bond donors (Lipinski definition) is 2. The molecule has 7 heteroatoms. The first-order valence-corrected chi connectivity index (χ1v) is 9.00. The summed E-state index contributed by atoms with van der Waals surface area (Å²) in [5.41, 5.74) is 1.71. The molecule has 0 fully saturated rings. The summed E-state index contributed by atoms with van der Waals surface area (Å²) in [6.45, 7) is 1.83. The highest BCUT2D eigenvalue weighted by molar-refractivity contribution is 9.10. The molecule has 0 aliphatic rings. The minimum Gasteiger partial charge on any atom is -0.325 e. The molecule has 0 saturated carbocycles. The lowest BCUT2D eigenvalue weighted by Crippen LogP contribution is -2.22. The molecule has 5 nitrogen and oxygen atoms in total. The fourth-order valence-corrected chi connectivity index (χ4v) is 3.17. The van der Waals surface area contributed by atoms with Crippen LogP contribution in [0.5, 0.6) is 0 Å². The van der Waals surface area contributed by atoms with Gasteiger partial charge in [-0.3, -0.25) is 9.89 Å². The Kier molecular flexibility index (Phi) is 5.32. The van der Waals surface area contributed by atoms with Crippen LogP contribution >= 0.6 is 27.7 Å². The molecule has 1 heterocycles. The highest BCUT2D eigenvalue weighted by Gasteiger charge is 2.17. The van der Waals surface area contributed by atoms with Crippen molar-refractivity contribution in [3.8, 4) is 11.4 Å². The standard InChI is InChI=1S/C17H15BrN4OS/c1-11(16(23)19-14-9-5-8-13(18)10-14)24-17-20-15(21-22-17)12-6-3-2-4-7-12/h2-11H,1H3,(H,19,23)(H,20,21,22)/t11-/m1/s1. The van der Waals surface area contributed by atoms with Crippen molar-refractivity contribution in [3.05, 3.63) is 59.1 Å². The second-order valence-corrected chi connectivity index (χ2v) is 7.32. The summed E-state index contributed by atoms with van der Waals surface area (Å²) in [6.07, 6.45) is 0. The van der Waals surface area contributed by atoms with Gasteiger partial charge in [0.05, 0.1) is 5.25 Å². The highest BCUT2D eigenvalue weighted by Crippen LogP contribution is 2.24. The molecular weight excluding hydrogens is 388 g/mol. The summed E-state index contributed by atoms with van der Waals surface area (Å²) in [6, 6.07) is 17.2. The molecule has 0 aliphatic carbocycles. The largest absolute Gasteiger partial charge is 0.325 e. The van der Waals surface area contributed by atoms with E-state index < -0.39 is 0 Å². The van der Waals surface area contributed by atoms with E-state index in [9.17, 15) is 4.79 Å². The first-order valence-electron chi connectivity index (χ1n) is 7.33. The van der Waals surface area contributed by atoms with Gasteiger partial charge >= 0.3 is 0 Å². The molecule has 24 heavy (non-hydrogen) atoms. The van der Waals surface area contributed by atoms with E-state index in [1.807, 2.05) is 61.5 Å². The second-order valence-electron chi connectivity index (χ2n) is 5.09. The summed E-state index contributed by atoms with van der Waals surface area (Å²) in [7, 11) is 0. The van der Waals surface area contributed by atoms with E-state index in [-0.39, 0.29) is 11.2 Å². The molecule has 2 N–H and O–H groups in total. The van der Waals surface area contributed by atoms with Crippen molar-refractivity contribution in [2.45, 2.75) is 17.3 Å². The Morgan fingerprint density at radius 1 is 1.21 bits per heavy atom. The van der Waals surface area contributed by atoms with Crippen molar-refractivity contribution in [1.82, 2.24) is 15.2 Å². The molecule has 0 radical (unpaired) electrons. The molecule has 0 saturated heterocycles. The zero-order valence-corrected chi connectivity index (χ0v) is 15.3. The van der Waals surface area contributed by atoms with Gasteiger partial charge in [0.1, 0.15) is 0 Å². The Labute approximate surface area is 152 Å². The molecule has 1 amide bonds. The summed E-state index contributed by atoms with van der Waals surface area (Å²) in [4.78, 5) is 16.7. The van der Waals surface area contributed by atoms with Gasteiger partial charge in [0.25, 0.3) is 0 Å². The quantitative estimate of drug-likeness (QED) is 0.622. The van der Waals surface area contributed by atoms with Gasteiger partial charge < -0.3 is 5.32 Å². The Bertz CT molecular complexity index is 837. The van der Waals surface area contributed by atoms with Crippen LogP contribution in [-0.4, -0.2) is 26.3 Å². The number of carbonyl (C=O) groups excluding carboxylic acids is 1. The number of thioether (sulfide) groups is 1. The Hall–Kier alpha value is -2.12. The van der Waals surface area contributed by atoms with Gasteiger partial charge in [0.2, 0.25) is 11.1 Å². The molecule has 0 spiro atoms. The van der Waals surface area contributed by atoms with Crippen LogP contribution in [0.15, 0.2) is 64.2 Å². The van der Waals surface area contributed by atoms with Gasteiger partial charge in [-0.15, -0.1) is 5.10 Å². The maximum absolute atomic E-state index is 12.3. The van der Waals surface area contributed by atoms with E-state index in [0.717, 1.165) is 15.7 Å². The molecule has 0 bridgehead atoms. The van der Waals surface area contributed by atoms with Crippen LogP contribution in [0.2, 0.25) is 0 Å². The number of benzene rings is 2. The van der Waals surface area contributed by atoms with E-state index >= 15 is 0 Å². The first-order chi connectivity index (χ1) is 11.6. The van der Waals surface area contributed by atoms with E-state index in [2.05, 4.69) is 36.4 Å². The van der Waals surface area contributed by atoms with Crippen molar-refractivity contribution in [2.75, 3.05) is 5.32 Å². The molecule has 0 unspecified atom stereocenters. The van der Waals surface area contributed by atoms with Gasteiger partial charge in [-0.25, -0.2) is 4.98 Å². The normalized spacial score (nSPS) is 11.9. The van der Waals surface area contributed by atoms with Gasteiger partial charge in [-0.1, -0.05) is 64.1 Å². The van der Waals surface area contributed by atoms with Crippen molar-refractivity contribution < 1.29 is 4.79 Å². The molecule has 3 rings (SSSR count). The minimum atomic E-state index is -0.316. The Morgan fingerprint density at radius 2 is 2.00 bits per heavy atom. The monoisotopic (exact) mass is 402 g/mol. The van der Waals surface area contributed by atoms with Crippen LogP contribution in [0.25, 0.3) is 11.4 Å². The summed E-state index contributed by atoms with van der Waals surface area (Å²) >= 11 is 4.70. The summed E-state index contributed by atoms with van der Waals surface area (Å²) in [5.74, 6) is 0.599. The Balaban J connectivity index is 1.63. The van der Waals surface area contributed by atoms with Crippen LogP contribution in [0, 0.1) is 0 Å². The molecule has 0 aliphatic heterocycles. The molecule has 122 valence electrons. The predicted molar refractivity (Wildman–Crippen MR) is 99.9 cm³/mol. The maximum atomic E-state index is 12.3. The van der Waals surface area contributed by atoms with Gasteiger partial charge in [-0.05, 0) is 25.1 Å². The first kappa shape index (κ1) is 16.7. The number of H-pyrrole nitrogens is 1. The van der Waals surface area contributed by atoms with Crippen LogP contribution in [-0.2, 0) is 4.79 Å². The number of amides is 1. The van der Waals surface area contributed by atoms with E-state index in [0.29, 0.717) is 11.0 Å². The number of aromatic amines is 1. The van der Waals surface area contributed by atoms with Crippen molar-refractivity contribution in [3.63, 3.8) is 0 Å². The zero-order chi connectivity index (χ0) is 16.9. The summed E-state index contributed by atoms with van der Waals surface area (Å²) < 4.78 is 0.919. The smallest absolute Gasteiger partial charge is 0.237 e. The fourth-order valence-electron chi connectivity index (χ4n) is 2.05. The number of hydrogen-bond acceptors (Lipinski definition) is 4. The highest BCUT2D eigenvalue weighted by atomic mass is 79.9.